The highest BCUT2D eigenvalue weighted by Crippen LogP contribution is 2.03. The Morgan fingerprint density at radius 3 is 2.05 bits per heavy atom. The van der Waals surface area contributed by atoms with Gasteiger partial charge in [0.1, 0.15) is 0 Å². The van der Waals surface area contributed by atoms with Gasteiger partial charge in [0.05, 0.1) is 11.5 Å². The molecule has 0 aromatic heterocycles. The van der Waals surface area contributed by atoms with Gasteiger partial charge in [0.25, 0.3) is 0 Å². The predicted octanol–water partition coefficient (Wildman–Crippen LogP) is 0.0508. The number of hydrogen-bond donors (Lipinski definition) is 2. The molecule has 19 heavy (non-hydrogen) atoms. The van der Waals surface area contributed by atoms with E-state index in [4.69, 9.17) is 18.0 Å². The topological polar surface area (TPSA) is 61.6 Å². The molecule has 0 radical (unpaired) electrons. The maximum Gasteiger partial charge on any atom is 0.234 e. The molecule has 1 heterocycles. The minimum atomic E-state index is 0.115. The first-order chi connectivity index (χ1) is 8.88. The first kappa shape index (κ1) is 16.3. The highest BCUT2D eigenvalue weighted by molar-refractivity contribution is 7.80. The molecule has 0 saturated carbocycles. The van der Waals surface area contributed by atoms with Crippen molar-refractivity contribution in [3.8, 4) is 0 Å². The third kappa shape index (κ3) is 6.31. The number of hydrogen-bond acceptors (Lipinski definition) is 4. The Kier molecular flexibility index (Phi) is 6.68. The van der Waals surface area contributed by atoms with Crippen LogP contribution in [0.15, 0.2) is 0 Å². The van der Waals surface area contributed by atoms with Crippen LogP contribution in [0.2, 0.25) is 0 Å². The fourth-order valence-corrected chi connectivity index (χ4v) is 2.18. The van der Waals surface area contributed by atoms with E-state index in [-0.39, 0.29) is 11.9 Å². The van der Waals surface area contributed by atoms with E-state index in [9.17, 15) is 4.79 Å². The van der Waals surface area contributed by atoms with Gasteiger partial charge in [-0.1, -0.05) is 26.1 Å². The molecule has 1 saturated heterocycles. The van der Waals surface area contributed by atoms with Gasteiger partial charge in [-0.3, -0.25) is 14.6 Å². The zero-order chi connectivity index (χ0) is 14.4. The van der Waals surface area contributed by atoms with Crippen LogP contribution in [0.5, 0.6) is 0 Å². The molecule has 1 rings (SSSR count). The normalized spacial score (nSPS) is 19.4. The van der Waals surface area contributed by atoms with Crippen LogP contribution in [0.1, 0.15) is 20.8 Å². The van der Waals surface area contributed by atoms with Gasteiger partial charge in [0.15, 0.2) is 0 Å². The summed E-state index contributed by atoms with van der Waals surface area (Å²) in [7, 11) is 0. The summed E-state index contributed by atoms with van der Waals surface area (Å²) >= 11 is 4.91. The number of nitrogens with zero attached hydrogens (tertiary/aromatic N) is 2. The number of amides is 1. The number of carbonyl (C=O) groups is 1. The predicted molar refractivity (Wildman–Crippen MR) is 82.1 cm³/mol. The van der Waals surface area contributed by atoms with Crippen LogP contribution in [0, 0.1) is 5.92 Å². The van der Waals surface area contributed by atoms with E-state index in [2.05, 4.69) is 29.0 Å². The first-order valence-electron chi connectivity index (χ1n) is 6.91. The Morgan fingerprint density at radius 2 is 1.63 bits per heavy atom. The smallest absolute Gasteiger partial charge is 0.234 e. The minimum absolute atomic E-state index is 0.115. The van der Waals surface area contributed by atoms with Crippen LogP contribution >= 0.6 is 12.2 Å². The summed E-state index contributed by atoms with van der Waals surface area (Å²) in [6.07, 6.45) is 0. The fraction of sp³-hybridized carbons (Fsp3) is 0.846. The van der Waals surface area contributed by atoms with Crippen molar-refractivity contribution in [3.05, 3.63) is 0 Å². The Bertz CT molecular complexity index is 314. The number of carbonyl (C=O) groups excluding carboxylic acids is 1. The molecule has 1 fully saturated rings. The van der Waals surface area contributed by atoms with E-state index < -0.39 is 0 Å². The van der Waals surface area contributed by atoms with Gasteiger partial charge in [0, 0.05) is 38.8 Å². The van der Waals surface area contributed by atoms with Crippen molar-refractivity contribution >= 4 is 23.1 Å². The van der Waals surface area contributed by atoms with Crippen LogP contribution in [0.3, 0.4) is 0 Å². The van der Waals surface area contributed by atoms with Crippen molar-refractivity contribution < 1.29 is 4.79 Å². The highest BCUT2D eigenvalue weighted by atomic mass is 32.1. The maximum absolute atomic E-state index is 11.9. The highest BCUT2D eigenvalue weighted by Gasteiger charge is 2.20. The SMILES string of the molecule is CC(C)C(C)NC(=O)CN1CCN(CC(N)=S)CC1. The van der Waals surface area contributed by atoms with Crippen molar-refractivity contribution in [1.82, 2.24) is 15.1 Å². The lowest BCUT2D eigenvalue weighted by atomic mass is 10.1. The largest absolute Gasteiger partial charge is 0.392 e. The molecule has 110 valence electrons. The number of nitrogens with one attached hydrogen (secondary N) is 1. The molecular weight excluding hydrogens is 260 g/mol. The van der Waals surface area contributed by atoms with Gasteiger partial charge in [-0.15, -0.1) is 0 Å². The van der Waals surface area contributed by atoms with Crippen molar-refractivity contribution in [2.75, 3.05) is 39.3 Å². The van der Waals surface area contributed by atoms with Crippen molar-refractivity contribution in [2.45, 2.75) is 26.8 Å². The summed E-state index contributed by atoms with van der Waals surface area (Å²) in [5.74, 6) is 0.579. The number of piperazine rings is 1. The summed E-state index contributed by atoms with van der Waals surface area (Å²) in [5.41, 5.74) is 5.53. The quantitative estimate of drug-likeness (QED) is 0.676. The average Bonchev–Trinajstić information content (AvgIpc) is 2.30. The second-order valence-electron chi connectivity index (χ2n) is 5.62. The average molecular weight is 286 g/mol. The minimum Gasteiger partial charge on any atom is -0.392 e. The third-order valence-electron chi connectivity index (χ3n) is 3.60. The Balaban J connectivity index is 2.25. The molecule has 1 unspecified atom stereocenters. The summed E-state index contributed by atoms with van der Waals surface area (Å²) in [5, 5.41) is 3.04. The zero-order valence-electron chi connectivity index (χ0n) is 12.2. The molecule has 0 aromatic rings. The van der Waals surface area contributed by atoms with Crippen LogP contribution in [-0.4, -0.2) is 66.0 Å². The zero-order valence-corrected chi connectivity index (χ0v) is 13.0. The number of nitrogens with two attached hydrogens (primary N) is 1. The van der Waals surface area contributed by atoms with Crippen molar-refractivity contribution in [2.24, 2.45) is 11.7 Å². The van der Waals surface area contributed by atoms with Crippen molar-refractivity contribution in [3.63, 3.8) is 0 Å². The van der Waals surface area contributed by atoms with Gasteiger partial charge >= 0.3 is 0 Å². The second-order valence-corrected chi connectivity index (χ2v) is 6.14. The Labute approximate surface area is 121 Å². The van der Waals surface area contributed by atoms with Gasteiger partial charge in [-0.2, -0.15) is 0 Å². The van der Waals surface area contributed by atoms with Gasteiger partial charge < -0.3 is 11.1 Å². The van der Waals surface area contributed by atoms with Crippen LogP contribution in [0.25, 0.3) is 0 Å². The molecular formula is C13H26N4OS. The summed E-state index contributed by atoms with van der Waals surface area (Å²) in [4.78, 5) is 16.8. The first-order valence-corrected chi connectivity index (χ1v) is 7.31. The third-order valence-corrected chi connectivity index (χ3v) is 3.73. The molecule has 1 aliphatic heterocycles. The number of rotatable bonds is 6. The standard InChI is InChI=1S/C13H26N4OS/c1-10(2)11(3)15-13(18)9-17-6-4-16(5-7-17)8-12(14)19/h10-11H,4-9H2,1-3H3,(H2,14,19)(H,15,18). The lowest BCUT2D eigenvalue weighted by Gasteiger charge is -2.34. The molecule has 1 amide bonds. The molecule has 0 aromatic carbocycles. The van der Waals surface area contributed by atoms with E-state index in [0.29, 0.717) is 24.0 Å². The summed E-state index contributed by atoms with van der Waals surface area (Å²) in [6.45, 7) is 11.1. The van der Waals surface area contributed by atoms with E-state index in [0.717, 1.165) is 26.2 Å². The second kappa shape index (κ2) is 7.77. The van der Waals surface area contributed by atoms with E-state index >= 15 is 0 Å². The van der Waals surface area contributed by atoms with Gasteiger partial charge in [-0.05, 0) is 12.8 Å². The lowest BCUT2D eigenvalue weighted by molar-refractivity contribution is -0.123. The lowest BCUT2D eigenvalue weighted by Crippen LogP contribution is -2.51. The van der Waals surface area contributed by atoms with E-state index in [1.807, 2.05) is 6.92 Å². The van der Waals surface area contributed by atoms with Crippen LogP contribution in [0.4, 0.5) is 0 Å². The molecule has 5 nitrogen and oxygen atoms in total. The van der Waals surface area contributed by atoms with Crippen molar-refractivity contribution in [1.29, 1.82) is 0 Å². The summed E-state index contributed by atoms with van der Waals surface area (Å²) in [6, 6.07) is 0.225. The van der Waals surface area contributed by atoms with Gasteiger partial charge in [0.2, 0.25) is 5.91 Å². The Morgan fingerprint density at radius 1 is 1.16 bits per heavy atom. The van der Waals surface area contributed by atoms with E-state index in [1.54, 1.807) is 0 Å². The molecule has 0 bridgehead atoms. The monoisotopic (exact) mass is 286 g/mol. The maximum atomic E-state index is 11.9. The molecule has 1 atom stereocenters. The van der Waals surface area contributed by atoms with Crippen LogP contribution < -0.4 is 11.1 Å². The van der Waals surface area contributed by atoms with E-state index in [1.165, 1.54) is 0 Å². The van der Waals surface area contributed by atoms with Gasteiger partial charge in [-0.25, -0.2) is 0 Å². The Hall–Kier alpha value is -0.720. The molecule has 1 aliphatic rings. The molecule has 0 aliphatic carbocycles. The molecule has 3 N–H and O–H groups in total. The molecule has 6 heteroatoms. The molecule has 0 spiro atoms. The fourth-order valence-electron chi connectivity index (χ4n) is 2.00. The number of thiocarbonyl (C=S) groups is 1. The summed E-state index contributed by atoms with van der Waals surface area (Å²) < 4.78 is 0. The van der Waals surface area contributed by atoms with Crippen LogP contribution in [-0.2, 0) is 4.79 Å².